The molecule has 0 amide bonds. The molecule has 0 N–H and O–H groups in total. The number of halogens is 1. The van der Waals surface area contributed by atoms with Crippen molar-refractivity contribution in [1.29, 1.82) is 0 Å². The largest absolute Gasteiger partial charge is 0.288 e. The summed E-state index contributed by atoms with van der Waals surface area (Å²) in [7, 11) is 1.75. The number of aromatic nitrogens is 2. The van der Waals surface area contributed by atoms with Crippen molar-refractivity contribution in [3.05, 3.63) is 52.6 Å². The molecule has 94 valence electrons. The van der Waals surface area contributed by atoms with Crippen LogP contribution in [0.2, 0.25) is 0 Å². The zero-order valence-electron chi connectivity index (χ0n) is 10.7. The van der Waals surface area contributed by atoms with Gasteiger partial charge >= 0.3 is 0 Å². The molecule has 0 bridgehead atoms. The number of carbonyl (C=O) groups excluding carboxylic acids is 1. The van der Waals surface area contributed by atoms with Crippen LogP contribution in [-0.2, 0) is 13.5 Å². The van der Waals surface area contributed by atoms with Crippen molar-refractivity contribution < 1.29 is 9.18 Å². The molecule has 2 aromatic rings. The Hall–Kier alpha value is -1.97. The van der Waals surface area contributed by atoms with Crippen LogP contribution in [0.3, 0.4) is 0 Å². The van der Waals surface area contributed by atoms with E-state index < -0.39 is 5.82 Å². The van der Waals surface area contributed by atoms with E-state index in [4.69, 9.17) is 0 Å². The van der Waals surface area contributed by atoms with Gasteiger partial charge in [-0.3, -0.25) is 9.48 Å². The molecule has 0 aliphatic rings. The predicted molar refractivity (Wildman–Crippen MR) is 67.2 cm³/mol. The van der Waals surface area contributed by atoms with Crippen molar-refractivity contribution in [3.63, 3.8) is 0 Å². The summed E-state index contributed by atoms with van der Waals surface area (Å²) in [4.78, 5) is 12.3. The molecule has 1 aromatic carbocycles. The molecule has 0 radical (unpaired) electrons. The van der Waals surface area contributed by atoms with Gasteiger partial charge in [-0.15, -0.1) is 0 Å². The summed E-state index contributed by atoms with van der Waals surface area (Å²) in [5.41, 5.74) is 2.15. The van der Waals surface area contributed by atoms with Crippen LogP contribution in [0.1, 0.15) is 34.1 Å². The van der Waals surface area contributed by atoms with E-state index in [1.54, 1.807) is 30.1 Å². The Labute approximate surface area is 105 Å². The Bertz CT molecular complexity index is 602. The SMILES string of the molecule is CCc1nn(C)cc1C(=O)c1cc(C)ccc1F. The number of ketones is 1. The van der Waals surface area contributed by atoms with Crippen molar-refractivity contribution >= 4 is 5.78 Å². The van der Waals surface area contributed by atoms with Crippen molar-refractivity contribution in [1.82, 2.24) is 9.78 Å². The topological polar surface area (TPSA) is 34.9 Å². The third-order valence-corrected chi connectivity index (χ3v) is 2.85. The second-order valence-electron chi connectivity index (χ2n) is 4.33. The lowest BCUT2D eigenvalue weighted by Gasteiger charge is -2.03. The van der Waals surface area contributed by atoms with Crippen LogP contribution >= 0.6 is 0 Å². The third-order valence-electron chi connectivity index (χ3n) is 2.85. The monoisotopic (exact) mass is 246 g/mol. The molecule has 0 atom stereocenters. The number of carbonyl (C=O) groups is 1. The van der Waals surface area contributed by atoms with E-state index in [1.165, 1.54) is 6.07 Å². The van der Waals surface area contributed by atoms with Gasteiger partial charge in [-0.2, -0.15) is 5.10 Å². The molecule has 0 spiro atoms. The normalized spacial score (nSPS) is 10.7. The zero-order chi connectivity index (χ0) is 13.3. The molecular weight excluding hydrogens is 231 g/mol. The molecule has 0 unspecified atom stereocenters. The number of hydrogen-bond acceptors (Lipinski definition) is 2. The molecule has 0 aliphatic carbocycles. The maximum absolute atomic E-state index is 13.7. The Balaban J connectivity index is 2.50. The van der Waals surface area contributed by atoms with Crippen molar-refractivity contribution in [2.75, 3.05) is 0 Å². The molecule has 0 saturated carbocycles. The van der Waals surface area contributed by atoms with Crippen molar-refractivity contribution in [2.45, 2.75) is 20.3 Å². The van der Waals surface area contributed by atoms with Crippen LogP contribution in [-0.4, -0.2) is 15.6 Å². The van der Waals surface area contributed by atoms with Crippen molar-refractivity contribution in [3.8, 4) is 0 Å². The van der Waals surface area contributed by atoms with E-state index in [0.29, 0.717) is 17.7 Å². The highest BCUT2D eigenvalue weighted by molar-refractivity contribution is 6.09. The molecule has 3 nitrogen and oxygen atoms in total. The maximum atomic E-state index is 13.7. The summed E-state index contributed by atoms with van der Waals surface area (Å²) < 4.78 is 15.3. The maximum Gasteiger partial charge on any atom is 0.199 e. The zero-order valence-corrected chi connectivity index (χ0v) is 10.7. The molecule has 0 aliphatic heterocycles. The summed E-state index contributed by atoms with van der Waals surface area (Å²) in [6, 6.07) is 4.55. The first-order chi connectivity index (χ1) is 8.52. The van der Waals surface area contributed by atoms with Gasteiger partial charge in [-0.25, -0.2) is 4.39 Å². The molecule has 0 saturated heterocycles. The second-order valence-corrected chi connectivity index (χ2v) is 4.33. The lowest BCUT2D eigenvalue weighted by molar-refractivity contribution is 0.103. The average Bonchev–Trinajstić information content (AvgIpc) is 2.72. The summed E-state index contributed by atoms with van der Waals surface area (Å²) in [5, 5.41) is 4.20. The van der Waals surface area contributed by atoms with Gasteiger partial charge < -0.3 is 0 Å². The van der Waals surface area contributed by atoms with Crippen LogP contribution in [0, 0.1) is 12.7 Å². The van der Waals surface area contributed by atoms with E-state index >= 15 is 0 Å². The molecule has 18 heavy (non-hydrogen) atoms. The average molecular weight is 246 g/mol. The smallest absolute Gasteiger partial charge is 0.199 e. The van der Waals surface area contributed by atoms with Gasteiger partial charge in [0.2, 0.25) is 0 Å². The highest BCUT2D eigenvalue weighted by Gasteiger charge is 2.19. The predicted octanol–water partition coefficient (Wildman–Crippen LogP) is 2.66. The fourth-order valence-corrected chi connectivity index (χ4v) is 1.94. The summed E-state index contributed by atoms with van der Waals surface area (Å²) in [6.07, 6.45) is 2.29. The second kappa shape index (κ2) is 4.72. The highest BCUT2D eigenvalue weighted by Crippen LogP contribution is 2.17. The summed E-state index contributed by atoms with van der Waals surface area (Å²) in [5.74, 6) is -0.794. The van der Waals surface area contributed by atoms with Gasteiger partial charge in [-0.05, 0) is 25.5 Å². The number of hydrogen-bond donors (Lipinski definition) is 0. The Morgan fingerprint density at radius 3 is 2.78 bits per heavy atom. The lowest BCUT2D eigenvalue weighted by atomic mass is 10.0. The quantitative estimate of drug-likeness (QED) is 0.780. The van der Waals surface area contributed by atoms with Gasteiger partial charge in [0.25, 0.3) is 0 Å². The van der Waals surface area contributed by atoms with Crippen LogP contribution < -0.4 is 0 Å². The Morgan fingerprint density at radius 1 is 1.39 bits per heavy atom. The highest BCUT2D eigenvalue weighted by atomic mass is 19.1. The van der Waals surface area contributed by atoms with Gasteiger partial charge in [0.05, 0.1) is 16.8 Å². The van der Waals surface area contributed by atoms with Gasteiger partial charge in [0.1, 0.15) is 5.82 Å². The van der Waals surface area contributed by atoms with Gasteiger partial charge in [-0.1, -0.05) is 18.6 Å². The number of nitrogens with zero attached hydrogens (tertiary/aromatic N) is 2. The van der Waals surface area contributed by atoms with Gasteiger partial charge in [0, 0.05) is 13.2 Å². The first-order valence-corrected chi connectivity index (χ1v) is 5.86. The molecule has 1 aromatic heterocycles. The van der Waals surface area contributed by atoms with Gasteiger partial charge in [0.15, 0.2) is 5.78 Å². The van der Waals surface area contributed by atoms with Crippen molar-refractivity contribution in [2.24, 2.45) is 7.05 Å². The fourth-order valence-electron chi connectivity index (χ4n) is 1.94. The number of benzene rings is 1. The van der Waals surface area contributed by atoms with Crippen LogP contribution in [0.5, 0.6) is 0 Å². The molecule has 1 heterocycles. The Kier molecular flexibility index (Phi) is 3.28. The van der Waals surface area contributed by atoms with E-state index in [2.05, 4.69) is 5.10 Å². The van der Waals surface area contributed by atoms with Crippen LogP contribution in [0.15, 0.2) is 24.4 Å². The number of rotatable bonds is 3. The van der Waals surface area contributed by atoms with Crippen LogP contribution in [0.25, 0.3) is 0 Å². The summed E-state index contributed by atoms with van der Waals surface area (Å²) >= 11 is 0. The first-order valence-electron chi connectivity index (χ1n) is 5.86. The van der Waals surface area contributed by atoms with Crippen LogP contribution in [0.4, 0.5) is 4.39 Å². The van der Waals surface area contributed by atoms with E-state index in [1.807, 2.05) is 13.8 Å². The standard InChI is InChI=1S/C14H15FN2O/c1-4-13-11(8-17(3)16-13)14(18)10-7-9(2)5-6-12(10)15/h5-8H,4H2,1-3H3. The fraction of sp³-hybridized carbons (Fsp3) is 0.286. The molecule has 4 heteroatoms. The van der Waals surface area contributed by atoms with E-state index in [9.17, 15) is 9.18 Å². The lowest BCUT2D eigenvalue weighted by Crippen LogP contribution is -2.06. The first kappa shape index (κ1) is 12.5. The third kappa shape index (κ3) is 2.18. The molecule has 2 rings (SSSR count). The van der Waals surface area contributed by atoms with E-state index in [-0.39, 0.29) is 11.3 Å². The number of aryl methyl sites for hydroxylation is 3. The minimum atomic E-state index is -0.489. The Morgan fingerprint density at radius 2 is 2.11 bits per heavy atom. The molecule has 0 fully saturated rings. The minimum Gasteiger partial charge on any atom is -0.288 e. The summed E-state index contributed by atoms with van der Waals surface area (Å²) in [6.45, 7) is 3.76. The minimum absolute atomic E-state index is 0.109. The van der Waals surface area contributed by atoms with E-state index in [0.717, 1.165) is 5.56 Å². The molecular formula is C14H15FN2O.